The van der Waals surface area contributed by atoms with E-state index in [0.717, 1.165) is 0 Å². The molecule has 0 bridgehead atoms. The lowest BCUT2D eigenvalue weighted by Gasteiger charge is -2.18. The van der Waals surface area contributed by atoms with Crippen molar-refractivity contribution >= 4 is 35.2 Å². The van der Waals surface area contributed by atoms with Crippen LogP contribution in [0.4, 0.5) is 5.69 Å². The fourth-order valence-electron chi connectivity index (χ4n) is 2.55. The number of rotatable bonds is 8. The van der Waals surface area contributed by atoms with E-state index in [2.05, 4.69) is 10.6 Å². The third kappa shape index (κ3) is 5.86. The van der Waals surface area contributed by atoms with Crippen molar-refractivity contribution in [3.05, 3.63) is 65.2 Å². The van der Waals surface area contributed by atoms with Crippen LogP contribution in [0.25, 0.3) is 0 Å². The second-order valence-corrected chi connectivity index (χ2v) is 6.98. The molecule has 142 valence electrons. The zero-order valence-electron chi connectivity index (χ0n) is 15.2. The minimum absolute atomic E-state index is 0.185. The standard InChI is InChI=1S/C20H22N2O4S/c1-13-12-15(8-9-16(13)20(25)26)21-19(24)17(10-11-27-2)22-18(23)14-6-4-3-5-7-14/h3-9,12,17H,10-11H2,1-2H3,(H,21,24)(H,22,23)(H,25,26). The Bertz CT molecular complexity index is 824. The Morgan fingerprint density at radius 2 is 1.81 bits per heavy atom. The molecule has 7 heteroatoms. The first-order chi connectivity index (χ1) is 12.9. The summed E-state index contributed by atoms with van der Waals surface area (Å²) in [5.74, 6) is -0.951. The zero-order chi connectivity index (χ0) is 19.8. The molecule has 27 heavy (non-hydrogen) atoms. The summed E-state index contributed by atoms with van der Waals surface area (Å²) in [6.45, 7) is 1.67. The topological polar surface area (TPSA) is 95.5 Å². The van der Waals surface area contributed by atoms with Crippen LogP contribution >= 0.6 is 11.8 Å². The molecular weight excluding hydrogens is 364 g/mol. The number of nitrogens with one attached hydrogen (secondary N) is 2. The molecular formula is C20H22N2O4S. The average molecular weight is 386 g/mol. The Morgan fingerprint density at radius 1 is 1.11 bits per heavy atom. The molecule has 2 aromatic rings. The largest absolute Gasteiger partial charge is 0.478 e. The van der Waals surface area contributed by atoms with Crippen molar-refractivity contribution in [1.82, 2.24) is 5.32 Å². The van der Waals surface area contributed by atoms with Gasteiger partial charge in [-0.3, -0.25) is 9.59 Å². The highest BCUT2D eigenvalue weighted by Gasteiger charge is 2.21. The molecule has 3 N–H and O–H groups in total. The third-order valence-corrected chi connectivity index (χ3v) is 4.64. The van der Waals surface area contributed by atoms with E-state index >= 15 is 0 Å². The molecule has 0 radical (unpaired) electrons. The van der Waals surface area contributed by atoms with Crippen molar-refractivity contribution in [2.24, 2.45) is 0 Å². The molecule has 6 nitrogen and oxygen atoms in total. The van der Waals surface area contributed by atoms with Crippen molar-refractivity contribution in [2.45, 2.75) is 19.4 Å². The molecule has 0 saturated carbocycles. The maximum absolute atomic E-state index is 12.7. The van der Waals surface area contributed by atoms with E-state index in [-0.39, 0.29) is 17.4 Å². The first kappa shape index (κ1) is 20.5. The highest BCUT2D eigenvalue weighted by molar-refractivity contribution is 7.98. The predicted molar refractivity (Wildman–Crippen MR) is 107 cm³/mol. The second-order valence-electron chi connectivity index (χ2n) is 6.00. The Hall–Kier alpha value is -2.80. The molecule has 0 aliphatic heterocycles. The van der Waals surface area contributed by atoms with Gasteiger partial charge in [0.1, 0.15) is 6.04 Å². The molecule has 0 saturated heterocycles. The summed E-state index contributed by atoms with van der Waals surface area (Å²) < 4.78 is 0. The first-order valence-corrected chi connectivity index (χ1v) is 9.81. The van der Waals surface area contributed by atoms with Crippen molar-refractivity contribution in [3.63, 3.8) is 0 Å². The van der Waals surface area contributed by atoms with Gasteiger partial charge in [0, 0.05) is 11.3 Å². The molecule has 1 atom stereocenters. The second kappa shape index (κ2) is 9.78. The van der Waals surface area contributed by atoms with Gasteiger partial charge >= 0.3 is 5.97 Å². The van der Waals surface area contributed by atoms with Crippen molar-refractivity contribution in [1.29, 1.82) is 0 Å². The summed E-state index contributed by atoms with van der Waals surface area (Å²) in [6, 6.07) is 12.6. The summed E-state index contributed by atoms with van der Waals surface area (Å²) in [5, 5.41) is 14.6. The van der Waals surface area contributed by atoms with Crippen LogP contribution < -0.4 is 10.6 Å². The monoisotopic (exact) mass is 386 g/mol. The number of aromatic carboxylic acids is 1. The normalized spacial score (nSPS) is 11.5. The summed E-state index contributed by atoms with van der Waals surface area (Å²) in [6.07, 6.45) is 2.42. The fraction of sp³-hybridized carbons (Fsp3) is 0.250. The average Bonchev–Trinajstić information content (AvgIpc) is 2.65. The number of hydrogen-bond acceptors (Lipinski definition) is 4. The van der Waals surface area contributed by atoms with E-state index in [9.17, 15) is 14.4 Å². The van der Waals surface area contributed by atoms with E-state index in [1.54, 1.807) is 55.1 Å². The van der Waals surface area contributed by atoms with Gasteiger partial charge in [0.2, 0.25) is 5.91 Å². The van der Waals surface area contributed by atoms with E-state index in [4.69, 9.17) is 5.11 Å². The predicted octanol–water partition coefficient (Wildman–Crippen LogP) is 3.18. The van der Waals surface area contributed by atoms with Gasteiger partial charge in [-0.1, -0.05) is 18.2 Å². The van der Waals surface area contributed by atoms with Crippen molar-refractivity contribution < 1.29 is 19.5 Å². The molecule has 0 heterocycles. The number of hydrogen-bond donors (Lipinski definition) is 3. The van der Waals surface area contributed by atoms with Gasteiger partial charge in [0.15, 0.2) is 0 Å². The van der Waals surface area contributed by atoms with E-state index in [1.807, 2.05) is 12.3 Å². The van der Waals surface area contributed by atoms with E-state index < -0.39 is 12.0 Å². The fourth-order valence-corrected chi connectivity index (χ4v) is 3.02. The van der Waals surface area contributed by atoms with Crippen LogP contribution in [0.15, 0.2) is 48.5 Å². The van der Waals surface area contributed by atoms with Crippen LogP contribution in [0.2, 0.25) is 0 Å². The van der Waals surface area contributed by atoms with E-state index in [1.165, 1.54) is 6.07 Å². The molecule has 0 aromatic heterocycles. The van der Waals surface area contributed by atoms with Crippen LogP contribution in [-0.2, 0) is 4.79 Å². The lowest BCUT2D eigenvalue weighted by Crippen LogP contribution is -2.44. The maximum atomic E-state index is 12.7. The van der Waals surface area contributed by atoms with Gasteiger partial charge in [-0.05, 0) is 61.2 Å². The number of amides is 2. The maximum Gasteiger partial charge on any atom is 0.335 e. The zero-order valence-corrected chi connectivity index (χ0v) is 16.0. The molecule has 1 unspecified atom stereocenters. The minimum atomic E-state index is -1.02. The smallest absolute Gasteiger partial charge is 0.335 e. The summed E-state index contributed by atoms with van der Waals surface area (Å²) in [7, 11) is 0. The van der Waals surface area contributed by atoms with E-state index in [0.29, 0.717) is 29.0 Å². The molecule has 0 aliphatic carbocycles. The van der Waals surface area contributed by atoms with Crippen LogP contribution in [0.1, 0.15) is 32.7 Å². The van der Waals surface area contributed by atoms with Crippen LogP contribution in [0.3, 0.4) is 0 Å². The van der Waals surface area contributed by atoms with Gasteiger partial charge in [-0.2, -0.15) is 11.8 Å². The number of carbonyl (C=O) groups excluding carboxylic acids is 2. The van der Waals surface area contributed by atoms with Crippen molar-refractivity contribution in [3.8, 4) is 0 Å². The molecule has 2 rings (SSSR count). The number of aryl methyl sites for hydroxylation is 1. The molecule has 2 aromatic carbocycles. The Morgan fingerprint density at radius 3 is 2.41 bits per heavy atom. The van der Waals surface area contributed by atoms with Crippen LogP contribution in [0.5, 0.6) is 0 Å². The lowest BCUT2D eigenvalue weighted by atomic mass is 10.1. The number of carboxylic acids is 1. The molecule has 0 aliphatic rings. The van der Waals surface area contributed by atoms with Gasteiger partial charge in [-0.25, -0.2) is 4.79 Å². The Balaban J connectivity index is 2.11. The quantitative estimate of drug-likeness (QED) is 0.648. The molecule has 2 amide bonds. The minimum Gasteiger partial charge on any atom is -0.478 e. The number of carbonyl (C=O) groups is 3. The Kier molecular flexibility index (Phi) is 7.43. The number of benzene rings is 2. The first-order valence-electron chi connectivity index (χ1n) is 8.42. The molecule has 0 spiro atoms. The summed E-state index contributed by atoms with van der Waals surface area (Å²) in [4.78, 5) is 36.2. The number of thioether (sulfide) groups is 1. The summed E-state index contributed by atoms with van der Waals surface area (Å²) in [5.41, 5.74) is 1.71. The number of carboxylic acid groups (broad SMARTS) is 1. The SMILES string of the molecule is CSCCC(NC(=O)c1ccccc1)C(=O)Nc1ccc(C(=O)O)c(C)c1. The van der Waals surface area contributed by atoms with Crippen molar-refractivity contribution in [2.75, 3.05) is 17.3 Å². The third-order valence-electron chi connectivity index (χ3n) is 3.99. The summed E-state index contributed by atoms with van der Waals surface area (Å²) >= 11 is 1.59. The highest BCUT2D eigenvalue weighted by atomic mass is 32.2. The van der Waals surface area contributed by atoms with Gasteiger partial charge < -0.3 is 15.7 Å². The number of anilines is 1. The van der Waals surface area contributed by atoms with Gasteiger partial charge in [0.25, 0.3) is 5.91 Å². The van der Waals surface area contributed by atoms with Gasteiger partial charge in [-0.15, -0.1) is 0 Å². The molecule has 0 fully saturated rings. The Labute approximate surface area is 162 Å². The lowest BCUT2D eigenvalue weighted by molar-refractivity contribution is -0.118. The highest BCUT2D eigenvalue weighted by Crippen LogP contribution is 2.16. The van der Waals surface area contributed by atoms with Crippen LogP contribution in [-0.4, -0.2) is 40.9 Å². The van der Waals surface area contributed by atoms with Gasteiger partial charge in [0.05, 0.1) is 5.56 Å². The van der Waals surface area contributed by atoms with Crippen LogP contribution in [0, 0.1) is 6.92 Å².